The number of aromatic hydroxyl groups is 1. The van der Waals surface area contributed by atoms with E-state index in [1.807, 2.05) is 0 Å². The van der Waals surface area contributed by atoms with Crippen molar-refractivity contribution in [2.24, 2.45) is 0 Å². The van der Waals surface area contributed by atoms with Crippen LogP contribution in [0, 0.1) is 0 Å². The van der Waals surface area contributed by atoms with Crippen LogP contribution in [0.2, 0.25) is 0 Å². The van der Waals surface area contributed by atoms with Gasteiger partial charge in [0, 0.05) is 17.7 Å². The molecule has 0 fully saturated rings. The van der Waals surface area contributed by atoms with E-state index in [0.29, 0.717) is 24.6 Å². The van der Waals surface area contributed by atoms with E-state index in [0.717, 1.165) is 0 Å². The number of carbonyl (C=O) groups is 1. The number of phenolic OH excluding ortho intramolecular Hbond substituents is 1. The first kappa shape index (κ1) is 15.4. The van der Waals surface area contributed by atoms with Crippen LogP contribution in [0.1, 0.15) is 33.3 Å². The summed E-state index contributed by atoms with van der Waals surface area (Å²) in [5.74, 6) is 0.120. The van der Waals surface area contributed by atoms with E-state index < -0.39 is 5.97 Å². The van der Waals surface area contributed by atoms with Crippen LogP contribution in [-0.2, 0) is 11.3 Å². The number of benzene rings is 1. The molecule has 0 aromatic heterocycles. The molecule has 0 spiro atoms. The SMILES string of the molecule is C=C(C)C(=O)Oc1ccc2c(c1O)CN(C(C)(C)C)CO2. The molecule has 1 N–H and O–H groups in total. The number of nitrogens with zero attached hydrogens (tertiary/aromatic N) is 1. The van der Waals surface area contributed by atoms with Crippen molar-refractivity contribution >= 4 is 5.97 Å². The predicted molar refractivity (Wildman–Crippen MR) is 79.3 cm³/mol. The Hall–Kier alpha value is -2.01. The van der Waals surface area contributed by atoms with Gasteiger partial charge in [0.25, 0.3) is 0 Å². The highest BCUT2D eigenvalue weighted by molar-refractivity contribution is 5.89. The Morgan fingerprint density at radius 1 is 1.43 bits per heavy atom. The Morgan fingerprint density at radius 2 is 2.10 bits per heavy atom. The monoisotopic (exact) mass is 291 g/mol. The average Bonchev–Trinajstić information content (AvgIpc) is 2.40. The maximum Gasteiger partial charge on any atom is 0.338 e. The van der Waals surface area contributed by atoms with Gasteiger partial charge >= 0.3 is 5.97 Å². The normalized spacial score (nSPS) is 15.0. The van der Waals surface area contributed by atoms with E-state index in [-0.39, 0.29) is 22.6 Å². The molecule has 0 atom stereocenters. The van der Waals surface area contributed by atoms with Crippen molar-refractivity contribution in [1.82, 2.24) is 4.90 Å². The molecule has 0 bridgehead atoms. The number of rotatable bonds is 2. The van der Waals surface area contributed by atoms with Crippen molar-refractivity contribution in [1.29, 1.82) is 0 Å². The molecule has 0 saturated heterocycles. The summed E-state index contributed by atoms with van der Waals surface area (Å²) in [6.45, 7) is 12.3. The Kier molecular flexibility index (Phi) is 3.96. The summed E-state index contributed by atoms with van der Waals surface area (Å²) < 4.78 is 10.8. The first-order chi connectivity index (χ1) is 9.70. The lowest BCUT2D eigenvalue weighted by Gasteiger charge is -2.38. The zero-order valence-electron chi connectivity index (χ0n) is 12.9. The molecular weight excluding hydrogens is 270 g/mol. The molecule has 1 aromatic carbocycles. The lowest BCUT2D eigenvalue weighted by molar-refractivity contribution is -0.130. The summed E-state index contributed by atoms with van der Waals surface area (Å²) >= 11 is 0. The van der Waals surface area contributed by atoms with Gasteiger partial charge in [-0.3, -0.25) is 4.90 Å². The fourth-order valence-electron chi connectivity index (χ4n) is 1.97. The van der Waals surface area contributed by atoms with Crippen molar-refractivity contribution < 1.29 is 19.4 Å². The molecular formula is C16H21NO4. The van der Waals surface area contributed by atoms with Gasteiger partial charge in [-0.15, -0.1) is 0 Å². The fourth-order valence-corrected chi connectivity index (χ4v) is 1.97. The molecule has 5 heteroatoms. The summed E-state index contributed by atoms with van der Waals surface area (Å²) in [7, 11) is 0. The second-order valence-electron chi connectivity index (χ2n) is 6.20. The van der Waals surface area contributed by atoms with Gasteiger partial charge in [-0.1, -0.05) is 6.58 Å². The smallest absolute Gasteiger partial charge is 0.338 e. The number of carbonyl (C=O) groups excluding carboxylic acids is 1. The lowest BCUT2D eigenvalue weighted by Crippen LogP contribution is -2.45. The third kappa shape index (κ3) is 3.19. The van der Waals surface area contributed by atoms with E-state index >= 15 is 0 Å². The largest absolute Gasteiger partial charge is 0.504 e. The van der Waals surface area contributed by atoms with Gasteiger partial charge in [0.05, 0.1) is 5.56 Å². The van der Waals surface area contributed by atoms with Gasteiger partial charge in [0.2, 0.25) is 0 Å². The molecule has 21 heavy (non-hydrogen) atoms. The van der Waals surface area contributed by atoms with Gasteiger partial charge in [-0.05, 0) is 39.8 Å². The number of hydrogen-bond donors (Lipinski definition) is 1. The van der Waals surface area contributed by atoms with Crippen molar-refractivity contribution in [3.05, 3.63) is 29.8 Å². The molecule has 1 heterocycles. The van der Waals surface area contributed by atoms with E-state index in [4.69, 9.17) is 9.47 Å². The highest BCUT2D eigenvalue weighted by atomic mass is 16.5. The first-order valence-electron chi connectivity index (χ1n) is 6.80. The summed E-state index contributed by atoms with van der Waals surface area (Å²) in [5.41, 5.74) is 0.817. The van der Waals surface area contributed by atoms with Gasteiger partial charge in [-0.25, -0.2) is 4.79 Å². The van der Waals surface area contributed by atoms with Gasteiger partial charge < -0.3 is 14.6 Å². The van der Waals surface area contributed by atoms with Crippen LogP contribution in [-0.4, -0.2) is 28.2 Å². The molecule has 114 valence electrons. The van der Waals surface area contributed by atoms with Crippen LogP contribution < -0.4 is 9.47 Å². The summed E-state index contributed by atoms with van der Waals surface area (Å²) in [5, 5.41) is 10.3. The maximum atomic E-state index is 11.6. The molecule has 5 nitrogen and oxygen atoms in total. The van der Waals surface area contributed by atoms with Crippen LogP contribution >= 0.6 is 0 Å². The molecule has 1 aliphatic rings. The number of esters is 1. The second-order valence-corrected chi connectivity index (χ2v) is 6.20. The van der Waals surface area contributed by atoms with E-state index in [1.165, 1.54) is 6.07 Å². The Labute approximate surface area is 124 Å². The topological polar surface area (TPSA) is 59.0 Å². The molecule has 0 amide bonds. The number of ether oxygens (including phenoxy) is 2. The number of fused-ring (bicyclic) bond motifs is 1. The summed E-state index contributed by atoms with van der Waals surface area (Å²) in [6, 6.07) is 3.23. The molecule has 0 saturated carbocycles. The van der Waals surface area contributed by atoms with E-state index in [2.05, 4.69) is 32.3 Å². The van der Waals surface area contributed by atoms with E-state index in [1.54, 1.807) is 13.0 Å². The molecule has 0 unspecified atom stereocenters. The second kappa shape index (κ2) is 5.41. The maximum absolute atomic E-state index is 11.6. The molecule has 2 rings (SSSR count). The molecule has 0 aliphatic carbocycles. The van der Waals surface area contributed by atoms with E-state index in [9.17, 15) is 9.90 Å². The first-order valence-corrected chi connectivity index (χ1v) is 6.80. The quantitative estimate of drug-likeness (QED) is 0.516. The Morgan fingerprint density at radius 3 is 2.67 bits per heavy atom. The summed E-state index contributed by atoms with van der Waals surface area (Å²) in [4.78, 5) is 13.7. The van der Waals surface area contributed by atoms with Gasteiger partial charge in [0.15, 0.2) is 11.5 Å². The fraction of sp³-hybridized carbons (Fsp3) is 0.438. The van der Waals surface area contributed by atoms with Gasteiger partial charge in [0.1, 0.15) is 12.5 Å². The standard InChI is InChI=1S/C16H21NO4/c1-10(2)15(19)21-13-7-6-12-11(14(13)18)8-17(9-20-12)16(3,4)5/h6-7,18H,1,8-9H2,2-5H3. The number of phenols is 1. The van der Waals surface area contributed by atoms with Crippen LogP contribution in [0.15, 0.2) is 24.3 Å². The average molecular weight is 291 g/mol. The van der Waals surface area contributed by atoms with Crippen molar-refractivity contribution in [3.8, 4) is 17.2 Å². The van der Waals surface area contributed by atoms with Crippen LogP contribution in [0.25, 0.3) is 0 Å². The number of hydrogen-bond acceptors (Lipinski definition) is 5. The van der Waals surface area contributed by atoms with Crippen LogP contribution in [0.4, 0.5) is 0 Å². The van der Waals surface area contributed by atoms with Crippen LogP contribution in [0.5, 0.6) is 17.2 Å². The highest BCUT2D eigenvalue weighted by Gasteiger charge is 2.29. The third-order valence-electron chi connectivity index (χ3n) is 3.43. The molecule has 1 aromatic rings. The zero-order chi connectivity index (χ0) is 15.8. The van der Waals surface area contributed by atoms with Crippen LogP contribution in [0.3, 0.4) is 0 Å². The molecule has 0 radical (unpaired) electrons. The summed E-state index contributed by atoms with van der Waals surface area (Å²) in [6.07, 6.45) is 0. The van der Waals surface area contributed by atoms with Gasteiger partial charge in [-0.2, -0.15) is 0 Å². The predicted octanol–water partition coefficient (Wildman–Crippen LogP) is 2.82. The van der Waals surface area contributed by atoms with Crippen molar-refractivity contribution in [2.45, 2.75) is 39.8 Å². The van der Waals surface area contributed by atoms with Crippen molar-refractivity contribution in [2.75, 3.05) is 6.73 Å². The Bertz CT molecular complexity index is 587. The van der Waals surface area contributed by atoms with Crippen molar-refractivity contribution in [3.63, 3.8) is 0 Å². The highest BCUT2D eigenvalue weighted by Crippen LogP contribution is 2.40. The zero-order valence-corrected chi connectivity index (χ0v) is 12.9. The minimum atomic E-state index is -0.561. The lowest BCUT2D eigenvalue weighted by atomic mass is 10.0. The third-order valence-corrected chi connectivity index (χ3v) is 3.43. The minimum Gasteiger partial charge on any atom is -0.504 e. The Balaban J connectivity index is 2.31. The molecule has 1 aliphatic heterocycles. The minimum absolute atomic E-state index is 0.0592.